The predicted molar refractivity (Wildman–Crippen MR) is 86.8 cm³/mol. The lowest BCUT2D eigenvalue weighted by molar-refractivity contribution is -0.104. The molecular formula is C16H8BrClFNO2. The molecular weight excluding hydrogens is 373 g/mol. The molecule has 0 aliphatic rings. The SMILES string of the molecule is O=CC(=O)c1[nH]c2cc(Br)c(Cl)cc2c1-c1cccc(F)c1. The van der Waals surface area contributed by atoms with Gasteiger partial charge in [0, 0.05) is 20.9 Å². The van der Waals surface area contributed by atoms with Gasteiger partial charge in [0.15, 0.2) is 6.29 Å². The lowest BCUT2D eigenvalue weighted by Crippen LogP contribution is -2.02. The minimum Gasteiger partial charge on any atom is -0.351 e. The number of nitrogens with one attached hydrogen (secondary N) is 1. The van der Waals surface area contributed by atoms with E-state index in [0.29, 0.717) is 31.5 Å². The van der Waals surface area contributed by atoms with E-state index >= 15 is 0 Å². The van der Waals surface area contributed by atoms with E-state index in [1.807, 2.05) is 0 Å². The maximum Gasteiger partial charge on any atom is 0.242 e. The maximum absolute atomic E-state index is 13.5. The number of hydrogen-bond donors (Lipinski definition) is 1. The van der Waals surface area contributed by atoms with E-state index in [0.717, 1.165) is 0 Å². The van der Waals surface area contributed by atoms with E-state index in [2.05, 4.69) is 20.9 Å². The third-order valence-electron chi connectivity index (χ3n) is 3.31. The lowest BCUT2D eigenvalue weighted by atomic mass is 10.0. The van der Waals surface area contributed by atoms with Crippen LogP contribution in [0.1, 0.15) is 10.5 Å². The van der Waals surface area contributed by atoms with Gasteiger partial charge in [-0.05, 0) is 45.8 Å². The number of aromatic nitrogens is 1. The van der Waals surface area contributed by atoms with E-state index < -0.39 is 11.6 Å². The molecule has 0 aliphatic heterocycles. The molecule has 0 saturated carbocycles. The first-order chi connectivity index (χ1) is 10.5. The molecule has 0 unspecified atom stereocenters. The molecule has 1 N–H and O–H groups in total. The number of halogens is 3. The van der Waals surface area contributed by atoms with Gasteiger partial charge in [0.25, 0.3) is 0 Å². The molecule has 0 saturated heterocycles. The average Bonchev–Trinajstić information content (AvgIpc) is 2.85. The molecule has 3 aromatic rings. The molecule has 110 valence electrons. The second-order valence-corrected chi connectivity index (χ2v) is 5.94. The van der Waals surface area contributed by atoms with Gasteiger partial charge in [-0.1, -0.05) is 23.7 Å². The number of hydrogen-bond acceptors (Lipinski definition) is 2. The normalized spacial score (nSPS) is 10.9. The number of fused-ring (bicyclic) bond motifs is 1. The molecule has 6 heteroatoms. The highest BCUT2D eigenvalue weighted by Gasteiger charge is 2.20. The van der Waals surface area contributed by atoms with Crippen molar-refractivity contribution in [3.8, 4) is 11.1 Å². The number of H-pyrrole nitrogens is 1. The third kappa shape index (κ3) is 2.46. The van der Waals surface area contributed by atoms with E-state index in [1.54, 1.807) is 24.3 Å². The Morgan fingerprint density at radius 1 is 1.27 bits per heavy atom. The molecule has 1 heterocycles. The van der Waals surface area contributed by atoms with Gasteiger partial charge in [-0.2, -0.15) is 0 Å². The van der Waals surface area contributed by atoms with Crippen LogP contribution in [0.4, 0.5) is 4.39 Å². The predicted octanol–water partition coefficient (Wildman–Crippen LogP) is 4.77. The minimum atomic E-state index is -0.706. The number of benzene rings is 2. The average molecular weight is 381 g/mol. The molecule has 0 atom stereocenters. The fraction of sp³-hybridized carbons (Fsp3) is 0. The van der Waals surface area contributed by atoms with Gasteiger partial charge in [0.2, 0.25) is 5.78 Å². The summed E-state index contributed by atoms with van der Waals surface area (Å²) >= 11 is 9.42. The molecule has 2 aromatic carbocycles. The Bertz CT molecular complexity index is 920. The van der Waals surface area contributed by atoms with Crippen LogP contribution in [0.25, 0.3) is 22.0 Å². The summed E-state index contributed by atoms with van der Waals surface area (Å²) in [7, 11) is 0. The summed E-state index contributed by atoms with van der Waals surface area (Å²) in [5.74, 6) is -1.14. The first-order valence-corrected chi connectivity index (χ1v) is 7.44. The Balaban J connectivity index is 2.41. The molecule has 0 amide bonds. The van der Waals surface area contributed by atoms with Crippen LogP contribution in [0.3, 0.4) is 0 Å². The number of aromatic amines is 1. The summed E-state index contributed by atoms with van der Waals surface area (Å²) in [6.45, 7) is 0. The van der Waals surface area contributed by atoms with Crippen LogP contribution in [0.15, 0.2) is 40.9 Å². The van der Waals surface area contributed by atoms with Crippen molar-refractivity contribution in [3.63, 3.8) is 0 Å². The summed E-state index contributed by atoms with van der Waals surface area (Å²) in [5, 5.41) is 1.10. The lowest BCUT2D eigenvalue weighted by Gasteiger charge is -2.03. The number of aldehydes is 1. The summed E-state index contributed by atoms with van der Waals surface area (Å²) < 4.78 is 14.2. The van der Waals surface area contributed by atoms with E-state index in [-0.39, 0.29) is 12.0 Å². The molecule has 0 spiro atoms. The van der Waals surface area contributed by atoms with Gasteiger partial charge in [0.1, 0.15) is 5.82 Å². The van der Waals surface area contributed by atoms with E-state index in [4.69, 9.17) is 11.6 Å². The largest absolute Gasteiger partial charge is 0.351 e. The fourth-order valence-corrected chi connectivity index (χ4v) is 2.88. The molecule has 3 nitrogen and oxygen atoms in total. The van der Waals surface area contributed by atoms with Gasteiger partial charge < -0.3 is 4.98 Å². The second kappa shape index (κ2) is 5.66. The zero-order valence-electron chi connectivity index (χ0n) is 11.0. The highest BCUT2D eigenvalue weighted by Crippen LogP contribution is 2.37. The molecule has 3 rings (SSSR count). The van der Waals surface area contributed by atoms with E-state index in [9.17, 15) is 14.0 Å². The fourth-order valence-electron chi connectivity index (χ4n) is 2.38. The highest BCUT2D eigenvalue weighted by molar-refractivity contribution is 9.10. The van der Waals surface area contributed by atoms with Gasteiger partial charge in [-0.25, -0.2) is 4.39 Å². The van der Waals surface area contributed by atoms with Gasteiger partial charge >= 0.3 is 0 Å². The summed E-state index contributed by atoms with van der Waals surface area (Å²) in [6.07, 6.45) is 0.226. The molecule has 1 aromatic heterocycles. The molecule has 0 bridgehead atoms. The summed E-state index contributed by atoms with van der Waals surface area (Å²) in [6, 6.07) is 9.20. The number of carbonyl (C=O) groups is 2. The van der Waals surface area contributed by atoms with Gasteiger partial charge in [-0.15, -0.1) is 0 Å². The summed E-state index contributed by atoms with van der Waals surface area (Å²) in [4.78, 5) is 25.7. The molecule has 0 fully saturated rings. The quantitative estimate of drug-likeness (QED) is 0.404. The van der Waals surface area contributed by atoms with Crippen molar-refractivity contribution in [2.45, 2.75) is 0 Å². The van der Waals surface area contributed by atoms with Crippen molar-refractivity contribution >= 4 is 50.5 Å². The zero-order chi connectivity index (χ0) is 15.9. The number of ketones is 1. The first-order valence-electron chi connectivity index (χ1n) is 6.27. The van der Waals surface area contributed by atoms with Crippen molar-refractivity contribution in [1.82, 2.24) is 4.98 Å². The first kappa shape index (κ1) is 14.9. The van der Waals surface area contributed by atoms with Crippen molar-refractivity contribution in [3.05, 3.63) is 57.4 Å². The van der Waals surface area contributed by atoms with Crippen LogP contribution < -0.4 is 0 Å². The highest BCUT2D eigenvalue weighted by atomic mass is 79.9. The van der Waals surface area contributed by atoms with Crippen LogP contribution in [0.2, 0.25) is 5.02 Å². The van der Waals surface area contributed by atoms with Gasteiger partial charge in [-0.3, -0.25) is 9.59 Å². The monoisotopic (exact) mass is 379 g/mol. The summed E-state index contributed by atoms with van der Waals surface area (Å²) in [5.41, 5.74) is 1.70. The smallest absolute Gasteiger partial charge is 0.242 e. The molecule has 0 radical (unpaired) electrons. The van der Waals surface area contributed by atoms with Crippen molar-refractivity contribution in [2.75, 3.05) is 0 Å². The van der Waals surface area contributed by atoms with Crippen LogP contribution in [0, 0.1) is 5.82 Å². The molecule has 0 aliphatic carbocycles. The Morgan fingerprint density at radius 3 is 2.73 bits per heavy atom. The maximum atomic E-state index is 13.5. The second-order valence-electron chi connectivity index (χ2n) is 4.68. The Labute approximate surface area is 138 Å². The molecule has 22 heavy (non-hydrogen) atoms. The van der Waals surface area contributed by atoms with Crippen LogP contribution >= 0.6 is 27.5 Å². The Morgan fingerprint density at radius 2 is 2.05 bits per heavy atom. The Kier molecular flexibility index (Phi) is 3.85. The van der Waals surface area contributed by atoms with Gasteiger partial charge in [0.05, 0.1) is 10.7 Å². The minimum absolute atomic E-state index is 0.116. The van der Waals surface area contributed by atoms with Crippen molar-refractivity contribution in [1.29, 1.82) is 0 Å². The number of Topliss-reactive ketones (excluding diaryl/α,β-unsaturated/α-hetero) is 1. The zero-order valence-corrected chi connectivity index (χ0v) is 13.3. The standard InChI is InChI=1S/C16H8BrClFNO2/c17-11-6-13-10(5-12(11)18)15(16(20-13)14(22)7-21)8-2-1-3-9(19)4-8/h1-7,20H. The van der Waals surface area contributed by atoms with Crippen molar-refractivity contribution in [2.24, 2.45) is 0 Å². The number of carbonyl (C=O) groups excluding carboxylic acids is 2. The Hall–Kier alpha value is -1.98. The van der Waals surface area contributed by atoms with E-state index in [1.165, 1.54) is 12.1 Å². The van der Waals surface area contributed by atoms with Crippen LogP contribution in [0.5, 0.6) is 0 Å². The third-order valence-corrected chi connectivity index (χ3v) is 4.50. The van der Waals surface area contributed by atoms with Crippen LogP contribution in [-0.2, 0) is 4.79 Å². The topological polar surface area (TPSA) is 49.9 Å². The number of rotatable bonds is 3. The van der Waals surface area contributed by atoms with Crippen LogP contribution in [-0.4, -0.2) is 17.1 Å². The van der Waals surface area contributed by atoms with Crippen molar-refractivity contribution < 1.29 is 14.0 Å².